The first-order valence-corrected chi connectivity index (χ1v) is 9.40. The molecular formula is C18H35NO3. The molecule has 0 spiro atoms. The lowest BCUT2D eigenvalue weighted by atomic mass is 10.0. The van der Waals surface area contributed by atoms with Crippen LogP contribution in [-0.4, -0.2) is 34.9 Å². The van der Waals surface area contributed by atoms with Gasteiger partial charge in [-0.25, -0.2) is 4.79 Å². The fraction of sp³-hybridized carbons (Fsp3) is 0.944. The molecule has 1 aliphatic heterocycles. The zero-order chi connectivity index (χ0) is 16.3. The van der Waals surface area contributed by atoms with Crippen molar-refractivity contribution in [1.82, 2.24) is 0 Å². The molecule has 0 saturated carbocycles. The summed E-state index contributed by atoms with van der Waals surface area (Å²) in [4.78, 5) is 11.4. The summed E-state index contributed by atoms with van der Waals surface area (Å²) >= 11 is 0. The molecule has 0 radical (unpaired) electrons. The van der Waals surface area contributed by atoms with Crippen LogP contribution in [0.4, 0.5) is 0 Å². The molecule has 0 aromatic rings. The molecule has 1 N–H and O–H groups in total. The molecule has 0 aromatic carbocycles. The first kappa shape index (κ1) is 19.4. The normalized spacial score (nSPS) is 18.5. The second-order valence-electron chi connectivity index (χ2n) is 6.93. The maximum atomic E-state index is 12.5. The summed E-state index contributed by atoms with van der Waals surface area (Å²) in [7, 11) is 0. The largest absolute Gasteiger partial charge is 0.632 e. The van der Waals surface area contributed by atoms with Crippen LogP contribution in [0.15, 0.2) is 0 Å². The molecule has 1 fully saturated rings. The molecule has 4 heteroatoms. The van der Waals surface area contributed by atoms with Crippen LogP contribution in [0.2, 0.25) is 0 Å². The van der Waals surface area contributed by atoms with Gasteiger partial charge in [-0.15, -0.1) is 0 Å². The highest BCUT2D eigenvalue weighted by atomic mass is 16.6. The minimum Gasteiger partial charge on any atom is -0.632 e. The predicted octanol–water partition coefficient (Wildman–Crippen LogP) is 4.86. The van der Waals surface area contributed by atoms with Crippen molar-refractivity contribution < 1.29 is 14.5 Å². The summed E-state index contributed by atoms with van der Waals surface area (Å²) in [5.74, 6) is -0.896. The van der Waals surface area contributed by atoms with E-state index < -0.39 is 16.7 Å². The summed E-state index contributed by atoms with van der Waals surface area (Å²) in [5, 5.41) is 21.8. The molecule has 1 saturated heterocycles. The standard InChI is InChI=1S/C18H35NO3/c1-2-3-4-5-6-7-8-9-10-11-14-17(18(20)21)19(22)15-12-13-16-19/h17H,2-16H2,1H3,(H,20,21). The number of hydrogen-bond acceptors (Lipinski definition) is 2. The second-order valence-corrected chi connectivity index (χ2v) is 6.93. The third-order valence-electron chi connectivity index (χ3n) is 5.01. The first-order chi connectivity index (χ1) is 10.6. The van der Waals surface area contributed by atoms with E-state index >= 15 is 0 Å². The summed E-state index contributed by atoms with van der Waals surface area (Å²) in [5.41, 5.74) is 0. The monoisotopic (exact) mass is 313 g/mol. The van der Waals surface area contributed by atoms with E-state index in [4.69, 9.17) is 0 Å². The highest BCUT2D eigenvalue weighted by molar-refractivity contribution is 5.72. The molecule has 0 aliphatic carbocycles. The van der Waals surface area contributed by atoms with Crippen LogP contribution in [0, 0.1) is 5.21 Å². The fourth-order valence-electron chi connectivity index (χ4n) is 3.57. The highest BCUT2D eigenvalue weighted by Crippen LogP contribution is 2.26. The molecule has 1 aliphatic rings. The van der Waals surface area contributed by atoms with Gasteiger partial charge in [-0.05, 0) is 6.42 Å². The number of aliphatic carboxylic acids is 1. The molecule has 1 unspecified atom stereocenters. The van der Waals surface area contributed by atoms with E-state index in [0.717, 1.165) is 25.7 Å². The molecule has 4 nitrogen and oxygen atoms in total. The van der Waals surface area contributed by atoms with Crippen LogP contribution >= 0.6 is 0 Å². The van der Waals surface area contributed by atoms with Crippen molar-refractivity contribution in [2.45, 2.75) is 96.4 Å². The lowest BCUT2D eigenvalue weighted by molar-refractivity contribution is -0.885. The van der Waals surface area contributed by atoms with Crippen LogP contribution in [0.3, 0.4) is 0 Å². The summed E-state index contributed by atoms with van der Waals surface area (Å²) in [6.45, 7) is 3.23. The lowest BCUT2D eigenvalue weighted by Gasteiger charge is -2.43. The van der Waals surface area contributed by atoms with E-state index in [1.165, 1.54) is 51.4 Å². The zero-order valence-electron chi connectivity index (χ0n) is 14.4. The minimum atomic E-state index is -0.896. The van der Waals surface area contributed by atoms with Crippen molar-refractivity contribution in [1.29, 1.82) is 0 Å². The maximum Gasteiger partial charge on any atom is 0.362 e. The summed E-state index contributed by atoms with van der Waals surface area (Å²) in [6.07, 6.45) is 14.7. The van der Waals surface area contributed by atoms with E-state index in [9.17, 15) is 15.1 Å². The van der Waals surface area contributed by atoms with Crippen molar-refractivity contribution in [3.8, 4) is 0 Å². The van der Waals surface area contributed by atoms with Crippen LogP contribution in [0.25, 0.3) is 0 Å². The fourth-order valence-corrected chi connectivity index (χ4v) is 3.57. The second kappa shape index (κ2) is 11.0. The van der Waals surface area contributed by atoms with E-state index in [-0.39, 0.29) is 0 Å². The van der Waals surface area contributed by atoms with Crippen LogP contribution in [-0.2, 0) is 4.79 Å². The van der Waals surface area contributed by atoms with E-state index in [1.54, 1.807) is 0 Å². The Labute approximate surface area is 136 Å². The number of likely N-dealkylation sites (tertiary alicyclic amines) is 1. The van der Waals surface area contributed by atoms with Gasteiger partial charge < -0.3 is 15.0 Å². The third kappa shape index (κ3) is 7.10. The number of carboxylic acid groups (broad SMARTS) is 1. The maximum absolute atomic E-state index is 12.5. The predicted molar refractivity (Wildman–Crippen MR) is 90.5 cm³/mol. The Morgan fingerprint density at radius 2 is 1.41 bits per heavy atom. The smallest absolute Gasteiger partial charge is 0.362 e. The summed E-state index contributed by atoms with van der Waals surface area (Å²) < 4.78 is -0.479. The number of carboxylic acids is 1. The van der Waals surface area contributed by atoms with Crippen molar-refractivity contribution in [2.24, 2.45) is 0 Å². The van der Waals surface area contributed by atoms with Gasteiger partial charge in [0.15, 0.2) is 6.04 Å². The Morgan fingerprint density at radius 3 is 1.86 bits per heavy atom. The Morgan fingerprint density at radius 1 is 0.955 bits per heavy atom. The molecule has 130 valence electrons. The molecule has 0 aromatic heterocycles. The van der Waals surface area contributed by atoms with Gasteiger partial charge in [-0.1, -0.05) is 64.7 Å². The zero-order valence-corrected chi connectivity index (χ0v) is 14.4. The SMILES string of the molecule is CCCCCCCCCCCCC(C(=O)O)[N+]1([O-])CCCC1. The van der Waals surface area contributed by atoms with Gasteiger partial charge in [0.2, 0.25) is 0 Å². The molecule has 22 heavy (non-hydrogen) atoms. The van der Waals surface area contributed by atoms with E-state index in [1.807, 2.05) is 0 Å². The van der Waals surface area contributed by atoms with Gasteiger partial charge >= 0.3 is 5.97 Å². The Balaban J connectivity index is 2.05. The molecule has 1 heterocycles. The third-order valence-corrected chi connectivity index (χ3v) is 5.01. The van der Waals surface area contributed by atoms with Gasteiger partial charge in [-0.2, -0.15) is 0 Å². The lowest BCUT2D eigenvalue weighted by Crippen LogP contribution is -2.52. The van der Waals surface area contributed by atoms with Crippen molar-refractivity contribution >= 4 is 5.97 Å². The van der Waals surface area contributed by atoms with E-state index in [2.05, 4.69) is 6.92 Å². The van der Waals surface area contributed by atoms with Gasteiger partial charge in [0.05, 0.1) is 13.1 Å². The number of quaternary nitrogens is 1. The van der Waals surface area contributed by atoms with Gasteiger partial charge in [0, 0.05) is 19.3 Å². The average molecular weight is 313 g/mol. The molecular weight excluding hydrogens is 278 g/mol. The van der Waals surface area contributed by atoms with Gasteiger partial charge in [0.25, 0.3) is 0 Å². The van der Waals surface area contributed by atoms with Gasteiger partial charge in [-0.3, -0.25) is 0 Å². The number of carbonyl (C=O) groups is 1. The number of unbranched alkanes of at least 4 members (excludes halogenated alkanes) is 9. The van der Waals surface area contributed by atoms with Gasteiger partial charge in [0.1, 0.15) is 0 Å². The highest BCUT2D eigenvalue weighted by Gasteiger charge is 2.37. The quantitative estimate of drug-likeness (QED) is 0.300. The molecule has 1 atom stereocenters. The number of hydroxylamine groups is 3. The molecule has 0 amide bonds. The number of nitrogens with zero attached hydrogens (tertiary/aromatic N) is 1. The minimum absolute atomic E-state index is 0.479. The topological polar surface area (TPSA) is 60.4 Å². The Kier molecular flexibility index (Phi) is 9.73. The molecule has 0 bridgehead atoms. The van der Waals surface area contributed by atoms with Crippen molar-refractivity contribution in [3.05, 3.63) is 5.21 Å². The van der Waals surface area contributed by atoms with E-state index in [0.29, 0.717) is 19.5 Å². The van der Waals surface area contributed by atoms with Crippen molar-refractivity contribution in [2.75, 3.05) is 13.1 Å². The molecule has 1 rings (SSSR count). The Hall–Kier alpha value is -0.610. The van der Waals surface area contributed by atoms with Crippen molar-refractivity contribution in [3.63, 3.8) is 0 Å². The van der Waals surface area contributed by atoms with Crippen LogP contribution in [0.5, 0.6) is 0 Å². The first-order valence-electron chi connectivity index (χ1n) is 9.40. The summed E-state index contributed by atoms with van der Waals surface area (Å²) in [6, 6.07) is -0.725. The van der Waals surface area contributed by atoms with Crippen LogP contribution in [0.1, 0.15) is 90.4 Å². The average Bonchev–Trinajstić information content (AvgIpc) is 2.92. The number of rotatable bonds is 13. The number of hydrogen-bond donors (Lipinski definition) is 1. The Bertz CT molecular complexity index is 301. The van der Waals surface area contributed by atoms with Crippen LogP contribution < -0.4 is 0 Å².